The fraction of sp³-hybridized carbons (Fsp3) is 0.116. The smallest absolute Gasteiger partial charge is 0.261 e. The molecule has 0 aliphatic heterocycles. The van der Waals surface area contributed by atoms with Crippen molar-refractivity contribution in [3.05, 3.63) is 160 Å². The number of nitrogens with zero attached hydrogens (tertiary/aromatic N) is 2. The zero-order chi connectivity index (χ0) is 35.9. The summed E-state index contributed by atoms with van der Waals surface area (Å²) in [6, 6.07) is 29.0. The first kappa shape index (κ1) is 29.8. The lowest BCUT2D eigenvalue weighted by atomic mass is 9.62. The number of benzene rings is 5. The third kappa shape index (κ3) is 3.76. The zero-order valence-electron chi connectivity index (χ0n) is 28.3. The highest BCUT2D eigenvalue weighted by Gasteiger charge is 2.49. The fourth-order valence-electron chi connectivity index (χ4n) is 8.78. The predicted molar refractivity (Wildman–Crippen MR) is 201 cm³/mol. The van der Waals surface area contributed by atoms with Crippen molar-refractivity contribution in [1.29, 1.82) is 0 Å². The van der Waals surface area contributed by atoms with Crippen LogP contribution in [0.25, 0.3) is 78.3 Å². The lowest BCUT2D eigenvalue weighted by Gasteiger charge is -2.39. The number of rotatable bonds is 2. The van der Waals surface area contributed by atoms with Gasteiger partial charge in [0, 0.05) is 20.0 Å². The first-order valence-electron chi connectivity index (χ1n) is 17.2. The molecular formula is C43H26N2O8. The van der Waals surface area contributed by atoms with Gasteiger partial charge in [-0.15, -0.1) is 0 Å². The Morgan fingerprint density at radius 3 is 1.53 bits per heavy atom. The summed E-state index contributed by atoms with van der Waals surface area (Å²) in [5.74, 6) is -0.183. The third-order valence-electron chi connectivity index (χ3n) is 11.3. The zero-order valence-corrected chi connectivity index (χ0v) is 28.3. The van der Waals surface area contributed by atoms with Crippen molar-refractivity contribution < 1.29 is 17.7 Å². The van der Waals surface area contributed by atoms with Gasteiger partial charge in [0.25, 0.3) is 22.2 Å². The summed E-state index contributed by atoms with van der Waals surface area (Å²) in [5.41, 5.74) is 6.63. The van der Waals surface area contributed by atoms with Crippen LogP contribution in [0.3, 0.4) is 0 Å². The van der Waals surface area contributed by atoms with Gasteiger partial charge in [0.1, 0.15) is 0 Å². The molecule has 5 aromatic carbocycles. The monoisotopic (exact) mass is 698 g/mol. The van der Waals surface area contributed by atoms with Gasteiger partial charge in [-0.25, -0.2) is 0 Å². The van der Waals surface area contributed by atoms with E-state index >= 15 is 0 Å². The number of hydrogen-bond donors (Lipinski definition) is 0. The highest BCUT2D eigenvalue weighted by Crippen LogP contribution is 2.58. The molecule has 256 valence electrons. The molecule has 2 aliphatic carbocycles. The van der Waals surface area contributed by atoms with Gasteiger partial charge in [-0.2, -0.15) is 0 Å². The lowest BCUT2D eigenvalue weighted by molar-refractivity contribution is 0.424. The van der Waals surface area contributed by atoms with Crippen LogP contribution in [0.1, 0.15) is 23.1 Å². The van der Waals surface area contributed by atoms with Gasteiger partial charge in [-0.05, 0) is 82.8 Å². The van der Waals surface area contributed by atoms with Gasteiger partial charge in [-0.3, -0.25) is 28.3 Å². The summed E-state index contributed by atoms with van der Waals surface area (Å²) in [5, 5.41) is 1.12. The molecule has 0 amide bonds. The number of hydrogen-bond acceptors (Lipinski definition) is 8. The average molecular weight is 699 g/mol. The molecule has 1 atom stereocenters. The summed E-state index contributed by atoms with van der Waals surface area (Å²) < 4.78 is 27.8. The van der Waals surface area contributed by atoms with Crippen LogP contribution in [-0.4, -0.2) is 9.13 Å². The molecule has 10 heteroatoms. The van der Waals surface area contributed by atoms with E-state index in [1.807, 2.05) is 42.5 Å². The molecule has 4 heterocycles. The van der Waals surface area contributed by atoms with Crippen LogP contribution in [0.4, 0.5) is 0 Å². The summed E-state index contributed by atoms with van der Waals surface area (Å²) in [7, 11) is 2.92. The average Bonchev–Trinajstić information content (AvgIpc) is 3.68. The number of aromatic nitrogens is 2. The molecule has 53 heavy (non-hydrogen) atoms. The van der Waals surface area contributed by atoms with Crippen molar-refractivity contribution in [2.75, 3.05) is 0 Å². The Morgan fingerprint density at radius 2 is 0.981 bits per heavy atom. The Labute approximate surface area is 296 Å². The summed E-state index contributed by atoms with van der Waals surface area (Å²) >= 11 is 0. The van der Waals surface area contributed by atoms with Gasteiger partial charge in [-0.1, -0.05) is 54.6 Å². The molecule has 10 nitrogen and oxygen atoms in total. The van der Waals surface area contributed by atoms with Crippen molar-refractivity contribution in [2.24, 2.45) is 20.0 Å². The van der Waals surface area contributed by atoms with E-state index < -0.39 is 5.41 Å². The van der Waals surface area contributed by atoms with E-state index in [0.717, 1.165) is 37.0 Å². The topological polar surface area (TPSA) is 131 Å². The maximum Gasteiger partial charge on any atom is 0.261 e. The molecular weight excluding hydrogens is 672 g/mol. The van der Waals surface area contributed by atoms with E-state index in [4.69, 9.17) is 17.7 Å². The van der Waals surface area contributed by atoms with Crippen LogP contribution in [0, 0.1) is 5.92 Å². The molecule has 4 aromatic heterocycles. The summed E-state index contributed by atoms with van der Waals surface area (Å²) in [6.07, 6.45) is 4.70. The van der Waals surface area contributed by atoms with E-state index in [0.29, 0.717) is 50.7 Å². The molecule has 0 saturated carbocycles. The van der Waals surface area contributed by atoms with Crippen LogP contribution < -0.4 is 33.1 Å². The maximum absolute atomic E-state index is 12.8. The Bertz CT molecular complexity index is 3470. The predicted octanol–water partition coefficient (Wildman–Crippen LogP) is 5.54. The van der Waals surface area contributed by atoms with Crippen molar-refractivity contribution in [3.8, 4) is 11.1 Å². The number of fused-ring (bicyclic) bond motifs is 9. The van der Waals surface area contributed by atoms with Gasteiger partial charge < -0.3 is 17.7 Å². The first-order valence-corrected chi connectivity index (χ1v) is 17.2. The second kappa shape index (κ2) is 10.1. The largest absolute Gasteiger partial charge is 0.450 e. The van der Waals surface area contributed by atoms with Gasteiger partial charge in [0.05, 0.1) is 27.0 Å². The molecule has 0 N–H and O–H groups in total. The molecule has 0 bridgehead atoms. The van der Waals surface area contributed by atoms with Gasteiger partial charge >= 0.3 is 0 Å². The molecule has 1 unspecified atom stereocenters. The van der Waals surface area contributed by atoms with Crippen molar-refractivity contribution in [3.63, 3.8) is 0 Å². The van der Waals surface area contributed by atoms with Crippen molar-refractivity contribution in [1.82, 2.24) is 9.13 Å². The van der Waals surface area contributed by atoms with Crippen LogP contribution in [0.5, 0.6) is 0 Å². The van der Waals surface area contributed by atoms with Crippen LogP contribution in [0.15, 0.2) is 128 Å². The molecule has 0 radical (unpaired) electrons. The fourth-order valence-corrected chi connectivity index (χ4v) is 8.78. The normalized spacial score (nSPS) is 15.8. The Kier molecular flexibility index (Phi) is 5.67. The summed E-state index contributed by atoms with van der Waals surface area (Å²) in [6.45, 7) is 0. The van der Waals surface area contributed by atoms with E-state index in [1.165, 1.54) is 14.1 Å². The van der Waals surface area contributed by atoms with Gasteiger partial charge in [0.15, 0.2) is 44.3 Å². The van der Waals surface area contributed by atoms with Crippen LogP contribution in [-0.2, 0) is 19.5 Å². The van der Waals surface area contributed by atoms with E-state index in [1.54, 1.807) is 24.3 Å². The van der Waals surface area contributed by atoms with Crippen molar-refractivity contribution in [2.45, 2.75) is 11.8 Å². The molecule has 11 rings (SSSR count). The van der Waals surface area contributed by atoms with Crippen LogP contribution >= 0.6 is 0 Å². The highest BCUT2D eigenvalue weighted by atomic mass is 16.4. The minimum Gasteiger partial charge on any atom is -0.450 e. The Balaban J connectivity index is 1.18. The quantitative estimate of drug-likeness (QED) is 0.215. The van der Waals surface area contributed by atoms with E-state index in [2.05, 4.69) is 36.4 Å². The molecule has 2 aliphatic rings. The summed E-state index contributed by atoms with van der Waals surface area (Å²) in [4.78, 5) is 51.1. The Morgan fingerprint density at radius 1 is 0.528 bits per heavy atom. The second-order valence-corrected chi connectivity index (χ2v) is 13.9. The highest BCUT2D eigenvalue weighted by molar-refractivity contribution is 5.95. The Hall–Kier alpha value is -6.94. The van der Waals surface area contributed by atoms with E-state index in [9.17, 15) is 19.2 Å². The third-order valence-corrected chi connectivity index (χ3v) is 11.3. The minimum atomic E-state index is -0.726. The minimum absolute atomic E-state index is 0.183. The lowest BCUT2D eigenvalue weighted by Crippen LogP contribution is -2.40. The van der Waals surface area contributed by atoms with Gasteiger partial charge in [0.2, 0.25) is 0 Å². The molecule has 0 fully saturated rings. The maximum atomic E-state index is 12.8. The standard InChI is InChI=1S/C43H26N2O8/c1-44-39(46)25-17-35-37(19-27(25)41(44)48)52-33-15-21(11-13-31(33)50-35)43(29-9-5-3-7-23(29)24-8-4-6-10-30(24)43)22-12-14-32-34(16-22)53-38-20-28-26(18-36(38)51-32)40(47)45(2)42(28)49/h3-11,13-20,22H,12H2,1-2H3. The second-order valence-electron chi connectivity index (χ2n) is 13.9. The first-order chi connectivity index (χ1) is 25.7. The molecule has 0 saturated heterocycles. The molecule has 0 spiro atoms. The SMILES string of the molecule is Cn1c(=O)c2cc3oc4c(oc3cc2c1=O)=CC(C1(c2ccc3oc5cc6c(=O)n(C)c(=O)c6cc5oc3c2)c2ccccc2-c2ccccc21)CC=4. The van der Waals surface area contributed by atoms with Crippen LogP contribution in [0.2, 0.25) is 0 Å². The van der Waals surface area contributed by atoms with E-state index in [-0.39, 0.29) is 49.7 Å². The molecule has 9 aromatic rings. The van der Waals surface area contributed by atoms with Crippen molar-refractivity contribution >= 4 is 67.2 Å².